The van der Waals surface area contributed by atoms with Crippen molar-refractivity contribution in [2.24, 2.45) is 5.73 Å². The second-order valence-corrected chi connectivity index (χ2v) is 3.61. The quantitative estimate of drug-likeness (QED) is 0.312. The molecule has 0 rings (SSSR count). The van der Waals surface area contributed by atoms with Crippen LogP contribution in [-0.4, -0.2) is 51.7 Å². The molecule has 0 aliphatic rings. The van der Waals surface area contributed by atoms with Crippen molar-refractivity contribution in [1.82, 2.24) is 10.4 Å². The molecule has 15 heavy (non-hydrogen) atoms. The molecule has 0 saturated carbocycles. The molecule has 1 atom stereocenters. The number of ether oxygens (including phenoxy) is 2. The summed E-state index contributed by atoms with van der Waals surface area (Å²) >= 11 is 0. The first-order valence-electron chi connectivity index (χ1n) is 5.51. The summed E-state index contributed by atoms with van der Waals surface area (Å²) < 4.78 is 10.8. The highest BCUT2D eigenvalue weighted by molar-refractivity contribution is 4.42. The Morgan fingerprint density at radius 1 is 1.20 bits per heavy atom. The fourth-order valence-corrected chi connectivity index (χ4v) is 1.00. The van der Waals surface area contributed by atoms with Crippen LogP contribution in [0.15, 0.2) is 0 Å². The van der Waals surface area contributed by atoms with Crippen LogP contribution in [0.5, 0.6) is 0 Å². The first kappa shape index (κ1) is 14.8. The molecule has 0 bridgehead atoms. The molecule has 5 nitrogen and oxygen atoms in total. The van der Waals surface area contributed by atoms with Crippen LogP contribution in [0.1, 0.15) is 19.8 Å². The predicted molar refractivity (Wildman–Crippen MR) is 61.3 cm³/mol. The molecule has 1 unspecified atom stereocenters. The van der Waals surface area contributed by atoms with Gasteiger partial charge in [-0.05, 0) is 26.3 Å². The fourth-order valence-electron chi connectivity index (χ4n) is 1.00. The van der Waals surface area contributed by atoms with E-state index in [0.29, 0.717) is 19.8 Å². The van der Waals surface area contributed by atoms with E-state index in [-0.39, 0.29) is 6.29 Å². The van der Waals surface area contributed by atoms with Crippen molar-refractivity contribution < 1.29 is 9.47 Å². The summed E-state index contributed by atoms with van der Waals surface area (Å²) in [7, 11) is 3.94. The summed E-state index contributed by atoms with van der Waals surface area (Å²) in [5.41, 5.74) is 8.52. The van der Waals surface area contributed by atoms with Crippen LogP contribution in [0, 0.1) is 0 Å². The molecule has 0 aromatic heterocycles. The van der Waals surface area contributed by atoms with Crippen LogP contribution in [0.3, 0.4) is 0 Å². The van der Waals surface area contributed by atoms with Gasteiger partial charge in [0.15, 0.2) is 6.29 Å². The third-order valence-corrected chi connectivity index (χ3v) is 1.80. The van der Waals surface area contributed by atoms with Crippen molar-refractivity contribution in [3.05, 3.63) is 0 Å². The molecule has 0 aromatic rings. The lowest BCUT2D eigenvalue weighted by molar-refractivity contribution is -0.131. The van der Waals surface area contributed by atoms with Gasteiger partial charge < -0.3 is 15.2 Å². The first-order valence-corrected chi connectivity index (χ1v) is 5.51. The Balaban J connectivity index is 3.13. The lowest BCUT2D eigenvalue weighted by Crippen LogP contribution is -2.31. The van der Waals surface area contributed by atoms with E-state index in [4.69, 9.17) is 15.2 Å². The van der Waals surface area contributed by atoms with Crippen molar-refractivity contribution in [1.29, 1.82) is 0 Å². The zero-order valence-electron chi connectivity index (χ0n) is 10.2. The van der Waals surface area contributed by atoms with Gasteiger partial charge in [-0.3, -0.25) is 10.4 Å². The van der Waals surface area contributed by atoms with Crippen molar-refractivity contribution in [2.75, 3.05) is 40.4 Å². The Kier molecular flexibility index (Phi) is 10.2. The number of hydrazine groups is 1. The van der Waals surface area contributed by atoms with E-state index in [2.05, 4.69) is 5.43 Å². The van der Waals surface area contributed by atoms with Gasteiger partial charge in [0.05, 0.1) is 13.2 Å². The molecular weight excluding hydrogens is 194 g/mol. The van der Waals surface area contributed by atoms with Gasteiger partial charge in [-0.1, -0.05) is 0 Å². The standard InChI is InChI=1S/C10H25N3O2/c1-10(14-8-4-6-11)15-9-5-7-12-13(2)3/h10,12H,4-9,11H2,1-3H3. The lowest BCUT2D eigenvalue weighted by atomic mass is 10.4. The molecule has 0 spiro atoms. The summed E-state index contributed by atoms with van der Waals surface area (Å²) in [4.78, 5) is 0. The molecular formula is C10H25N3O2. The Morgan fingerprint density at radius 2 is 1.80 bits per heavy atom. The Bertz CT molecular complexity index is 134. The zero-order chi connectivity index (χ0) is 11.5. The molecule has 0 aliphatic carbocycles. The van der Waals surface area contributed by atoms with E-state index in [1.165, 1.54) is 0 Å². The summed E-state index contributed by atoms with van der Waals surface area (Å²) in [6.07, 6.45) is 1.73. The van der Waals surface area contributed by atoms with Crippen LogP contribution in [-0.2, 0) is 9.47 Å². The fraction of sp³-hybridized carbons (Fsp3) is 1.00. The summed E-state index contributed by atoms with van der Waals surface area (Å²) in [6.45, 7) is 4.89. The maximum Gasteiger partial charge on any atom is 0.154 e. The van der Waals surface area contributed by atoms with Crippen molar-refractivity contribution in [3.63, 3.8) is 0 Å². The second-order valence-electron chi connectivity index (χ2n) is 3.61. The molecule has 0 amide bonds. The van der Waals surface area contributed by atoms with Gasteiger partial charge in [-0.25, -0.2) is 0 Å². The minimum Gasteiger partial charge on any atom is -0.353 e. The van der Waals surface area contributed by atoms with Gasteiger partial charge in [0, 0.05) is 20.6 Å². The molecule has 5 heteroatoms. The van der Waals surface area contributed by atoms with Gasteiger partial charge in [-0.2, -0.15) is 0 Å². The smallest absolute Gasteiger partial charge is 0.154 e. The van der Waals surface area contributed by atoms with Gasteiger partial charge in [0.2, 0.25) is 0 Å². The third-order valence-electron chi connectivity index (χ3n) is 1.80. The number of hydrogen-bond donors (Lipinski definition) is 2. The SMILES string of the molecule is CC(OCCCN)OCCCNN(C)C. The number of nitrogens with zero attached hydrogens (tertiary/aromatic N) is 1. The molecule has 0 radical (unpaired) electrons. The highest BCUT2D eigenvalue weighted by Gasteiger charge is 2.00. The van der Waals surface area contributed by atoms with E-state index in [0.717, 1.165) is 19.4 Å². The van der Waals surface area contributed by atoms with Crippen LogP contribution >= 0.6 is 0 Å². The van der Waals surface area contributed by atoms with Gasteiger partial charge in [0.1, 0.15) is 0 Å². The van der Waals surface area contributed by atoms with Crippen LogP contribution in [0.25, 0.3) is 0 Å². The van der Waals surface area contributed by atoms with E-state index in [1.807, 2.05) is 26.0 Å². The van der Waals surface area contributed by atoms with Gasteiger partial charge >= 0.3 is 0 Å². The molecule has 0 aliphatic heterocycles. The maximum absolute atomic E-state index is 5.45. The highest BCUT2D eigenvalue weighted by atomic mass is 16.7. The van der Waals surface area contributed by atoms with Crippen molar-refractivity contribution in [2.45, 2.75) is 26.1 Å². The number of hydrogen-bond acceptors (Lipinski definition) is 5. The molecule has 92 valence electrons. The number of nitrogens with one attached hydrogen (secondary N) is 1. The summed E-state index contributed by atoms with van der Waals surface area (Å²) in [5, 5.41) is 1.93. The normalized spacial score (nSPS) is 13.4. The largest absolute Gasteiger partial charge is 0.353 e. The predicted octanol–water partition coefficient (Wildman–Crippen LogP) is 0.171. The van der Waals surface area contributed by atoms with E-state index in [9.17, 15) is 0 Å². The van der Waals surface area contributed by atoms with Crippen LogP contribution < -0.4 is 11.2 Å². The van der Waals surface area contributed by atoms with Gasteiger partial charge in [-0.15, -0.1) is 0 Å². The Hall–Kier alpha value is -0.200. The Labute approximate surface area is 92.9 Å². The molecule has 3 N–H and O–H groups in total. The van der Waals surface area contributed by atoms with E-state index in [1.54, 1.807) is 0 Å². The zero-order valence-corrected chi connectivity index (χ0v) is 10.2. The number of rotatable bonds is 10. The first-order chi connectivity index (χ1) is 7.16. The minimum absolute atomic E-state index is 0.129. The summed E-state index contributed by atoms with van der Waals surface area (Å²) in [5.74, 6) is 0. The second kappa shape index (κ2) is 10.3. The minimum atomic E-state index is -0.129. The van der Waals surface area contributed by atoms with Crippen molar-refractivity contribution >= 4 is 0 Å². The molecule has 0 heterocycles. The monoisotopic (exact) mass is 219 g/mol. The average Bonchev–Trinajstić information content (AvgIpc) is 2.17. The molecule has 0 fully saturated rings. The number of nitrogens with two attached hydrogens (primary N) is 1. The van der Waals surface area contributed by atoms with Crippen LogP contribution in [0.4, 0.5) is 0 Å². The third kappa shape index (κ3) is 11.7. The topological polar surface area (TPSA) is 59.8 Å². The van der Waals surface area contributed by atoms with Crippen molar-refractivity contribution in [3.8, 4) is 0 Å². The summed E-state index contributed by atoms with van der Waals surface area (Å²) in [6, 6.07) is 0. The Morgan fingerprint density at radius 3 is 2.33 bits per heavy atom. The van der Waals surface area contributed by atoms with Crippen LogP contribution in [0.2, 0.25) is 0 Å². The lowest BCUT2D eigenvalue weighted by Gasteiger charge is -2.15. The average molecular weight is 219 g/mol. The highest BCUT2D eigenvalue weighted by Crippen LogP contribution is 1.95. The van der Waals surface area contributed by atoms with Gasteiger partial charge in [0.25, 0.3) is 0 Å². The molecule has 0 aromatic carbocycles. The van der Waals surface area contributed by atoms with E-state index < -0.39 is 0 Å². The molecule has 0 saturated heterocycles. The van der Waals surface area contributed by atoms with E-state index >= 15 is 0 Å². The maximum atomic E-state index is 5.45.